The quantitative estimate of drug-likeness (QED) is 0.232. The van der Waals surface area contributed by atoms with E-state index in [-0.39, 0.29) is 6.61 Å². The summed E-state index contributed by atoms with van der Waals surface area (Å²) in [4.78, 5) is 24.0. The Morgan fingerprint density at radius 3 is 2.58 bits per heavy atom. The predicted octanol–water partition coefficient (Wildman–Crippen LogP) is 6.30. The predicted molar refractivity (Wildman–Crippen MR) is 152 cm³/mol. The Morgan fingerprint density at radius 2 is 1.88 bits per heavy atom. The van der Waals surface area contributed by atoms with Crippen LogP contribution < -0.4 is 14.4 Å². The molecule has 5 rings (SSSR count). The van der Waals surface area contributed by atoms with Gasteiger partial charge in [0.2, 0.25) is 11.8 Å². The average Bonchev–Trinajstić information content (AvgIpc) is 3.31. The maximum absolute atomic E-state index is 14.1. The van der Waals surface area contributed by atoms with Gasteiger partial charge in [-0.25, -0.2) is 19.2 Å². The largest absolute Gasteiger partial charge is 0.494 e. The Bertz CT molecular complexity index is 1530. The molecule has 4 aromatic rings. The summed E-state index contributed by atoms with van der Waals surface area (Å²) in [5.74, 6) is 1.31. The standard InChI is InChI=1S/C30H32ClFN4O4/c1-35(30-34-28-25(36(30)2)14-20(29(37)39-4)15-26(28)38-3)22-12-9-18(10-13-22)24-6-5-7-27(33-24)40-17-19-8-11-21(31)16-23(19)32/h5-8,11,14-16,18,22H,9-10,12-13,17H2,1-4H3. The zero-order valence-corrected chi connectivity index (χ0v) is 23.7. The zero-order chi connectivity index (χ0) is 28.4. The first-order valence-corrected chi connectivity index (χ1v) is 13.6. The van der Waals surface area contributed by atoms with Gasteiger partial charge in [0.15, 0.2) is 0 Å². The number of halogens is 2. The molecule has 40 heavy (non-hydrogen) atoms. The lowest BCUT2D eigenvalue weighted by molar-refractivity contribution is 0.0600. The number of hydrogen-bond donors (Lipinski definition) is 0. The molecule has 0 amide bonds. The second kappa shape index (κ2) is 11.7. The Labute approximate surface area is 237 Å². The second-order valence-electron chi connectivity index (χ2n) is 10.1. The minimum atomic E-state index is -0.421. The van der Waals surface area contributed by atoms with Gasteiger partial charge in [0.05, 0.1) is 25.3 Å². The number of ether oxygens (including phenoxy) is 3. The highest BCUT2D eigenvalue weighted by molar-refractivity contribution is 6.30. The normalized spacial score (nSPS) is 17.1. The molecule has 8 nitrogen and oxygen atoms in total. The number of aryl methyl sites for hydroxylation is 1. The fourth-order valence-electron chi connectivity index (χ4n) is 5.40. The number of rotatable bonds is 8. The van der Waals surface area contributed by atoms with Crippen molar-refractivity contribution in [3.63, 3.8) is 0 Å². The van der Waals surface area contributed by atoms with Crippen LogP contribution in [-0.4, -0.2) is 47.8 Å². The lowest BCUT2D eigenvalue weighted by Crippen LogP contribution is -2.36. The number of imidazole rings is 1. The summed E-state index contributed by atoms with van der Waals surface area (Å²) in [6.07, 6.45) is 3.88. The molecular weight excluding hydrogens is 535 g/mol. The van der Waals surface area contributed by atoms with Gasteiger partial charge in [0.1, 0.15) is 23.7 Å². The number of carbonyl (C=O) groups is 1. The van der Waals surface area contributed by atoms with Crippen molar-refractivity contribution in [1.82, 2.24) is 14.5 Å². The van der Waals surface area contributed by atoms with E-state index in [0.29, 0.717) is 45.3 Å². The highest BCUT2D eigenvalue weighted by atomic mass is 35.5. The summed E-state index contributed by atoms with van der Waals surface area (Å²) in [5, 5.41) is 0.353. The molecule has 2 aromatic carbocycles. The first-order valence-electron chi connectivity index (χ1n) is 13.2. The van der Waals surface area contributed by atoms with Crippen LogP contribution in [0, 0.1) is 5.82 Å². The van der Waals surface area contributed by atoms with Crippen molar-refractivity contribution in [1.29, 1.82) is 0 Å². The summed E-state index contributed by atoms with van der Waals surface area (Å²) in [6.45, 7) is 0.0842. The molecule has 0 radical (unpaired) electrons. The fraction of sp³-hybridized carbons (Fsp3) is 0.367. The second-order valence-corrected chi connectivity index (χ2v) is 10.5. The Kier molecular flexibility index (Phi) is 8.12. The number of anilines is 1. The van der Waals surface area contributed by atoms with E-state index in [2.05, 4.69) is 11.9 Å². The first-order chi connectivity index (χ1) is 19.3. The minimum absolute atomic E-state index is 0.0842. The molecule has 0 N–H and O–H groups in total. The van der Waals surface area contributed by atoms with E-state index in [4.69, 9.17) is 35.8 Å². The number of methoxy groups -OCH3 is 2. The third-order valence-corrected chi connectivity index (χ3v) is 7.92. The number of benzene rings is 2. The molecule has 0 bridgehead atoms. The smallest absolute Gasteiger partial charge is 0.338 e. The van der Waals surface area contributed by atoms with E-state index < -0.39 is 11.8 Å². The summed E-state index contributed by atoms with van der Waals surface area (Å²) in [6, 6.07) is 14.0. The number of hydrogen-bond acceptors (Lipinski definition) is 7. The molecule has 1 fully saturated rings. The fourth-order valence-corrected chi connectivity index (χ4v) is 5.56. The summed E-state index contributed by atoms with van der Waals surface area (Å²) in [7, 11) is 6.93. The first kappa shape index (κ1) is 27.7. The average molecular weight is 567 g/mol. The molecule has 0 saturated heterocycles. The summed E-state index contributed by atoms with van der Waals surface area (Å²) in [5.41, 5.74) is 3.34. The SMILES string of the molecule is COC(=O)c1cc(OC)c2nc(N(C)C3CCC(c4cccc(OCc5ccc(Cl)cc5F)n4)CC3)n(C)c2c1. The zero-order valence-electron chi connectivity index (χ0n) is 23.0. The lowest BCUT2D eigenvalue weighted by atomic mass is 9.83. The van der Waals surface area contributed by atoms with Crippen LogP contribution in [0.1, 0.15) is 53.2 Å². The van der Waals surface area contributed by atoms with Gasteiger partial charge in [-0.2, -0.15) is 0 Å². The molecule has 1 saturated carbocycles. The molecule has 1 aliphatic carbocycles. The van der Waals surface area contributed by atoms with Crippen molar-refractivity contribution >= 4 is 34.6 Å². The van der Waals surface area contributed by atoms with Crippen LogP contribution in [0.3, 0.4) is 0 Å². The molecule has 0 aliphatic heterocycles. The van der Waals surface area contributed by atoms with Crippen molar-refractivity contribution in [2.45, 2.75) is 44.2 Å². The van der Waals surface area contributed by atoms with Gasteiger partial charge in [0, 0.05) is 48.4 Å². The molecular formula is C30H32ClFN4O4. The number of pyridine rings is 1. The molecule has 1 aliphatic rings. The molecule has 2 aromatic heterocycles. The van der Waals surface area contributed by atoms with E-state index in [1.807, 2.05) is 23.7 Å². The van der Waals surface area contributed by atoms with Gasteiger partial charge >= 0.3 is 5.97 Å². The van der Waals surface area contributed by atoms with Gasteiger partial charge in [-0.1, -0.05) is 23.7 Å². The maximum atomic E-state index is 14.1. The highest BCUT2D eigenvalue weighted by Crippen LogP contribution is 2.37. The van der Waals surface area contributed by atoms with Crippen LogP contribution in [0.25, 0.3) is 11.0 Å². The molecule has 0 spiro atoms. The Morgan fingerprint density at radius 1 is 1.10 bits per heavy atom. The van der Waals surface area contributed by atoms with Crippen LogP contribution in [0.5, 0.6) is 11.6 Å². The van der Waals surface area contributed by atoms with Crippen LogP contribution >= 0.6 is 11.6 Å². The van der Waals surface area contributed by atoms with Crippen molar-refractivity contribution in [2.75, 3.05) is 26.2 Å². The number of carbonyl (C=O) groups excluding carboxylic acids is 1. The van der Waals surface area contributed by atoms with E-state index in [1.54, 1.807) is 37.4 Å². The summed E-state index contributed by atoms with van der Waals surface area (Å²) >= 11 is 5.84. The van der Waals surface area contributed by atoms with Gasteiger partial charge in [-0.05, 0) is 56.0 Å². The van der Waals surface area contributed by atoms with Crippen molar-refractivity contribution in [3.05, 3.63) is 76.2 Å². The molecule has 10 heteroatoms. The van der Waals surface area contributed by atoms with E-state index in [1.165, 1.54) is 13.2 Å². The maximum Gasteiger partial charge on any atom is 0.338 e. The van der Waals surface area contributed by atoms with Gasteiger partial charge in [-0.3, -0.25) is 0 Å². The van der Waals surface area contributed by atoms with Crippen LogP contribution in [-0.2, 0) is 18.4 Å². The van der Waals surface area contributed by atoms with E-state index >= 15 is 0 Å². The van der Waals surface area contributed by atoms with Gasteiger partial charge in [-0.15, -0.1) is 0 Å². The molecule has 2 heterocycles. The topological polar surface area (TPSA) is 78.7 Å². The van der Waals surface area contributed by atoms with Crippen LogP contribution in [0.4, 0.5) is 10.3 Å². The number of aromatic nitrogens is 3. The number of nitrogens with zero attached hydrogens (tertiary/aromatic N) is 4. The van der Waals surface area contributed by atoms with E-state index in [0.717, 1.165) is 42.8 Å². The third kappa shape index (κ3) is 5.56. The van der Waals surface area contributed by atoms with Crippen molar-refractivity contribution in [2.24, 2.45) is 7.05 Å². The van der Waals surface area contributed by atoms with Crippen molar-refractivity contribution < 1.29 is 23.4 Å². The highest BCUT2D eigenvalue weighted by Gasteiger charge is 2.29. The van der Waals surface area contributed by atoms with Crippen LogP contribution in [0.2, 0.25) is 5.02 Å². The van der Waals surface area contributed by atoms with Crippen LogP contribution in [0.15, 0.2) is 48.5 Å². The molecule has 210 valence electrons. The number of esters is 1. The summed E-state index contributed by atoms with van der Waals surface area (Å²) < 4.78 is 32.3. The Balaban J connectivity index is 1.26. The van der Waals surface area contributed by atoms with Crippen molar-refractivity contribution in [3.8, 4) is 11.6 Å². The third-order valence-electron chi connectivity index (χ3n) is 7.68. The van der Waals surface area contributed by atoms with Gasteiger partial charge in [0.25, 0.3) is 0 Å². The Hall–Kier alpha value is -3.85. The number of fused-ring (bicyclic) bond motifs is 1. The lowest BCUT2D eigenvalue weighted by Gasteiger charge is -2.35. The molecule has 0 atom stereocenters. The van der Waals surface area contributed by atoms with Gasteiger partial charge < -0.3 is 23.7 Å². The van der Waals surface area contributed by atoms with E-state index in [9.17, 15) is 9.18 Å². The minimum Gasteiger partial charge on any atom is -0.494 e. The molecule has 0 unspecified atom stereocenters. The monoisotopic (exact) mass is 566 g/mol.